The van der Waals surface area contributed by atoms with Crippen LogP contribution in [0.15, 0.2) is 40.9 Å². The van der Waals surface area contributed by atoms with Crippen molar-refractivity contribution in [1.82, 2.24) is 9.80 Å². The average molecular weight is 407 g/mol. The number of benzene rings is 1. The molecule has 1 heterocycles. The van der Waals surface area contributed by atoms with E-state index in [1.807, 2.05) is 6.07 Å². The van der Waals surface area contributed by atoms with Crippen LogP contribution >= 0.6 is 0 Å². The van der Waals surface area contributed by atoms with Gasteiger partial charge < -0.3 is 19.9 Å². The monoisotopic (exact) mass is 407 g/mol. The average Bonchev–Trinajstić information content (AvgIpc) is 2.66. The van der Waals surface area contributed by atoms with Crippen LogP contribution < -0.4 is 10.5 Å². The van der Waals surface area contributed by atoms with Crippen LogP contribution in [0.5, 0.6) is 0 Å². The summed E-state index contributed by atoms with van der Waals surface area (Å²) >= 11 is 0. The van der Waals surface area contributed by atoms with Gasteiger partial charge in [-0.15, -0.1) is 0 Å². The van der Waals surface area contributed by atoms with E-state index in [0.717, 1.165) is 0 Å². The number of carbonyl (C=O) groups is 2. The summed E-state index contributed by atoms with van der Waals surface area (Å²) in [5.41, 5.74) is 0.214. The summed E-state index contributed by atoms with van der Waals surface area (Å²) in [6, 6.07) is 7.12. The first-order valence-corrected chi connectivity index (χ1v) is 10.0. The van der Waals surface area contributed by atoms with Crippen molar-refractivity contribution < 1.29 is 22.7 Å². The summed E-state index contributed by atoms with van der Waals surface area (Å²) in [6.07, 6.45) is 1.06. The highest BCUT2D eigenvalue weighted by Gasteiger charge is 2.21. The molecule has 0 aromatic heterocycles. The largest absolute Gasteiger partial charge is 0.450 e. The lowest BCUT2D eigenvalue weighted by molar-refractivity contribution is -0.112. The van der Waals surface area contributed by atoms with E-state index in [9.17, 15) is 23.3 Å². The minimum atomic E-state index is -3.82. The Morgan fingerprint density at radius 3 is 2.36 bits per heavy atom. The topological polar surface area (TPSA) is 146 Å². The second-order valence-electron chi connectivity index (χ2n) is 5.90. The molecule has 1 aromatic rings. The van der Waals surface area contributed by atoms with Gasteiger partial charge in [0.25, 0.3) is 5.91 Å². The fourth-order valence-electron chi connectivity index (χ4n) is 2.50. The first-order chi connectivity index (χ1) is 13.2. The molecule has 1 fully saturated rings. The summed E-state index contributed by atoms with van der Waals surface area (Å²) in [7, 11) is -3.82. The SMILES string of the molecule is CCOC(=O)N1CCN(/C=C(/C#N)C(=O)Nc2ccc(S(N)(=O)=O)cc2)CC1. The Morgan fingerprint density at radius 2 is 1.86 bits per heavy atom. The number of carbonyl (C=O) groups excluding carboxylic acids is 2. The molecule has 0 spiro atoms. The van der Waals surface area contributed by atoms with E-state index in [2.05, 4.69) is 5.32 Å². The molecule has 1 aliphatic heterocycles. The molecule has 10 nitrogen and oxygen atoms in total. The Labute approximate surface area is 163 Å². The highest BCUT2D eigenvalue weighted by Crippen LogP contribution is 2.14. The molecule has 11 heteroatoms. The third kappa shape index (κ3) is 5.70. The van der Waals surface area contributed by atoms with Crippen molar-refractivity contribution in [2.75, 3.05) is 38.1 Å². The van der Waals surface area contributed by atoms with E-state index in [1.54, 1.807) is 16.7 Å². The molecule has 1 aliphatic rings. The lowest BCUT2D eigenvalue weighted by Gasteiger charge is -2.33. The number of ether oxygens (including phenoxy) is 1. The third-order valence-corrected chi connectivity index (χ3v) is 4.89. The van der Waals surface area contributed by atoms with Gasteiger partial charge in [-0.05, 0) is 31.2 Å². The highest BCUT2D eigenvalue weighted by atomic mass is 32.2. The number of nitrogens with one attached hydrogen (secondary N) is 1. The van der Waals surface area contributed by atoms with Gasteiger partial charge in [-0.1, -0.05) is 0 Å². The van der Waals surface area contributed by atoms with Crippen LogP contribution in [-0.2, 0) is 19.6 Å². The fourth-order valence-corrected chi connectivity index (χ4v) is 3.01. The molecule has 0 unspecified atom stereocenters. The van der Waals surface area contributed by atoms with Gasteiger partial charge in [0.05, 0.1) is 11.5 Å². The molecular weight excluding hydrogens is 386 g/mol. The van der Waals surface area contributed by atoms with Crippen LogP contribution in [-0.4, -0.2) is 63.0 Å². The maximum Gasteiger partial charge on any atom is 0.409 e. The quantitative estimate of drug-likeness (QED) is 0.532. The molecule has 0 aliphatic carbocycles. The Morgan fingerprint density at radius 1 is 1.25 bits per heavy atom. The number of sulfonamides is 1. The van der Waals surface area contributed by atoms with Crippen molar-refractivity contribution >= 4 is 27.7 Å². The van der Waals surface area contributed by atoms with E-state index >= 15 is 0 Å². The number of nitrogens with two attached hydrogens (primary N) is 1. The Hall–Kier alpha value is -3.10. The van der Waals surface area contributed by atoms with Gasteiger partial charge in [0, 0.05) is 38.1 Å². The molecule has 0 bridgehead atoms. The number of anilines is 1. The minimum Gasteiger partial charge on any atom is -0.450 e. The normalized spacial score (nSPS) is 15.0. The number of nitriles is 1. The molecule has 1 saturated heterocycles. The molecule has 0 atom stereocenters. The Kier molecular flexibility index (Phi) is 6.97. The maximum absolute atomic E-state index is 12.3. The van der Waals surface area contributed by atoms with Crippen LogP contribution in [0.3, 0.4) is 0 Å². The highest BCUT2D eigenvalue weighted by molar-refractivity contribution is 7.89. The predicted molar refractivity (Wildman–Crippen MR) is 100 cm³/mol. The molecule has 0 radical (unpaired) electrons. The van der Waals surface area contributed by atoms with Crippen molar-refractivity contribution in [2.45, 2.75) is 11.8 Å². The summed E-state index contributed by atoms with van der Waals surface area (Å²) in [5.74, 6) is -0.626. The Balaban J connectivity index is 1.98. The lowest BCUT2D eigenvalue weighted by atomic mass is 10.2. The molecule has 0 saturated carbocycles. The number of piperazine rings is 1. The summed E-state index contributed by atoms with van der Waals surface area (Å²) < 4.78 is 27.4. The van der Waals surface area contributed by atoms with Crippen LogP contribution in [0.4, 0.5) is 10.5 Å². The molecule has 28 heavy (non-hydrogen) atoms. The zero-order valence-electron chi connectivity index (χ0n) is 15.3. The van der Waals surface area contributed by atoms with Crippen LogP contribution in [0.25, 0.3) is 0 Å². The number of amides is 2. The van der Waals surface area contributed by atoms with Gasteiger partial charge in [0.1, 0.15) is 11.6 Å². The standard InChI is InChI=1S/C17H21N5O5S/c1-2-27-17(24)22-9-7-21(8-10-22)12-13(11-18)16(23)20-14-3-5-15(6-4-14)28(19,25)26/h3-6,12H,2,7-10H2,1H3,(H,20,23)(H2,19,25,26)/b13-12-. The van der Waals surface area contributed by atoms with E-state index in [4.69, 9.17) is 9.88 Å². The van der Waals surface area contributed by atoms with E-state index in [0.29, 0.717) is 38.5 Å². The Bertz CT molecular complexity index is 897. The van der Waals surface area contributed by atoms with Crippen molar-refractivity contribution in [3.8, 4) is 6.07 Å². The zero-order valence-corrected chi connectivity index (χ0v) is 16.1. The number of hydrogen-bond donors (Lipinski definition) is 2. The molecular formula is C17H21N5O5S. The van der Waals surface area contributed by atoms with E-state index < -0.39 is 15.9 Å². The van der Waals surface area contributed by atoms with Crippen molar-refractivity contribution in [2.24, 2.45) is 5.14 Å². The van der Waals surface area contributed by atoms with Crippen molar-refractivity contribution in [3.63, 3.8) is 0 Å². The molecule has 3 N–H and O–H groups in total. The zero-order chi connectivity index (χ0) is 20.7. The lowest BCUT2D eigenvalue weighted by Crippen LogP contribution is -2.47. The number of hydrogen-bond acceptors (Lipinski definition) is 7. The second-order valence-corrected chi connectivity index (χ2v) is 7.46. The van der Waals surface area contributed by atoms with Gasteiger partial charge >= 0.3 is 6.09 Å². The van der Waals surface area contributed by atoms with Crippen LogP contribution in [0, 0.1) is 11.3 Å². The smallest absolute Gasteiger partial charge is 0.409 e. The molecule has 1 aromatic carbocycles. The van der Waals surface area contributed by atoms with Gasteiger partial charge in [-0.25, -0.2) is 18.4 Å². The number of nitrogens with zero attached hydrogens (tertiary/aromatic N) is 3. The second kappa shape index (κ2) is 9.20. The first kappa shape index (κ1) is 21.2. The van der Waals surface area contributed by atoms with Gasteiger partial charge in [-0.2, -0.15) is 5.26 Å². The van der Waals surface area contributed by atoms with Crippen molar-refractivity contribution in [3.05, 3.63) is 36.0 Å². The molecule has 2 rings (SSSR count). The fraction of sp³-hybridized carbons (Fsp3) is 0.353. The third-order valence-electron chi connectivity index (χ3n) is 3.96. The van der Waals surface area contributed by atoms with E-state index in [-0.39, 0.29) is 16.6 Å². The number of rotatable bonds is 5. The van der Waals surface area contributed by atoms with Crippen LogP contribution in [0.1, 0.15) is 6.92 Å². The molecule has 2 amide bonds. The van der Waals surface area contributed by atoms with Crippen molar-refractivity contribution in [1.29, 1.82) is 5.26 Å². The van der Waals surface area contributed by atoms with Crippen LogP contribution in [0.2, 0.25) is 0 Å². The predicted octanol–water partition coefficient (Wildman–Crippen LogP) is 0.454. The summed E-state index contributed by atoms with van der Waals surface area (Å²) in [4.78, 5) is 27.2. The maximum atomic E-state index is 12.3. The van der Waals surface area contributed by atoms with E-state index in [1.165, 1.54) is 30.5 Å². The number of primary sulfonamides is 1. The van der Waals surface area contributed by atoms with Gasteiger partial charge in [-0.3, -0.25) is 4.79 Å². The van der Waals surface area contributed by atoms with Gasteiger partial charge in [0.15, 0.2) is 0 Å². The summed E-state index contributed by atoms with van der Waals surface area (Å²) in [6.45, 7) is 3.79. The summed E-state index contributed by atoms with van der Waals surface area (Å²) in [5, 5.41) is 16.8. The van der Waals surface area contributed by atoms with Gasteiger partial charge in [0.2, 0.25) is 10.0 Å². The first-order valence-electron chi connectivity index (χ1n) is 8.46. The minimum absolute atomic E-state index is 0.0824. The molecule has 150 valence electrons.